The second-order valence-electron chi connectivity index (χ2n) is 8.53. The lowest BCUT2D eigenvalue weighted by Crippen LogP contribution is -2.64. The van der Waals surface area contributed by atoms with Crippen molar-refractivity contribution in [1.29, 1.82) is 0 Å². The van der Waals surface area contributed by atoms with Crippen LogP contribution in [-0.2, 0) is 30.5 Å². The molecular formula is C26H25N3O8S. The number of thioether (sulfide) groups is 1. The normalized spacial score (nSPS) is 19.4. The molecule has 3 atom stereocenters. The van der Waals surface area contributed by atoms with E-state index in [0.717, 1.165) is 5.56 Å². The highest BCUT2D eigenvalue weighted by molar-refractivity contribution is 8.00. The van der Waals surface area contributed by atoms with Crippen molar-refractivity contribution in [2.45, 2.75) is 38.0 Å². The van der Waals surface area contributed by atoms with Gasteiger partial charge in [0.05, 0.1) is 12.0 Å². The number of ether oxygens (including phenoxy) is 3. The van der Waals surface area contributed by atoms with E-state index in [1.54, 1.807) is 38.3 Å². The van der Waals surface area contributed by atoms with E-state index >= 15 is 0 Å². The minimum Gasteiger partial charge on any atom is -0.497 e. The Morgan fingerprint density at radius 2 is 1.89 bits per heavy atom. The molecule has 2 aliphatic rings. The fourth-order valence-corrected chi connectivity index (χ4v) is 5.48. The van der Waals surface area contributed by atoms with Crippen LogP contribution in [0, 0.1) is 10.1 Å². The monoisotopic (exact) mass is 539 g/mol. The molecule has 1 amide bonds. The van der Waals surface area contributed by atoms with Crippen molar-refractivity contribution in [2.24, 2.45) is 4.99 Å². The van der Waals surface area contributed by atoms with Crippen molar-refractivity contribution in [2.75, 3.05) is 12.9 Å². The van der Waals surface area contributed by atoms with E-state index in [9.17, 15) is 24.5 Å². The van der Waals surface area contributed by atoms with Gasteiger partial charge in [-0.2, -0.15) is 0 Å². The van der Waals surface area contributed by atoms with Gasteiger partial charge in [0.25, 0.3) is 11.6 Å². The number of fused-ring (bicyclic) bond motifs is 1. The molecule has 1 saturated heterocycles. The standard InChI is InChI=1S/C26H25N3O8S/c1-15(37-16(2)30)21-14-38-25-22(27-12-17-4-8-19(9-5-17)29(33)34)24(31)28(25)23(21)26(32)36-13-18-6-10-20(35-3)11-7-18/h4-12,15,22,25H,13-14H2,1-3H3/t15?,22-,25+/m0/s1. The van der Waals surface area contributed by atoms with Gasteiger partial charge in [-0.3, -0.25) is 29.6 Å². The number of benzene rings is 2. The Hall–Kier alpha value is -4.19. The van der Waals surface area contributed by atoms with Crippen molar-refractivity contribution in [1.82, 2.24) is 4.90 Å². The van der Waals surface area contributed by atoms with Gasteiger partial charge < -0.3 is 14.2 Å². The number of esters is 2. The third kappa shape index (κ3) is 5.70. The smallest absolute Gasteiger partial charge is 0.355 e. The number of carbonyl (C=O) groups is 3. The number of non-ortho nitro benzene ring substituents is 1. The van der Waals surface area contributed by atoms with Crippen LogP contribution in [0.4, 0.5) is 5.69 Å². The van der Waals surface area contributed by atoms with Gasteiger partial charge >= 0.3 is 11.9 Å². The van der Waals surface area contributed by atoms with E-state index in [1.807, 2.05) is 0 Å². The summed E-state index contributed by atoms with van der Waals surface area (Å²) in [5.41, 5.74) is 1.82. The quantitative estimate of drug-likeness (QED) is 0.155. The first-order chi connectivity index (χ1) is 18.2. The predicted octanol–water partition coefficient (Wildman–Crippen LogP) is 3.26. The predicted molar refractivity (Wildman–Crippen MR) is 139 cm³/mol. The zero-order valence-electron chi connectivity index (χ0n) is 20.9. The molecule has 0 spiro atoms. The number of aliphatic imine (C=N–C) groups is 1. The van der Waals surface area contributed by atoms with Crippen LogP contribution in [0.1, 0.15) is 25.0 Å². The number of hydrogen-bond donors (Lipinski definition) is 0. The minimum absolute atomic E-state index is 0.0247. The Kier molecular flexibility index (Phi) is 8.10. The Morgan fingerprint density at radius 1 is 1.21 bits per heavy atom. The van der Waals surface area contributed by atoms with Crippen LogP contribution in [0.2, 0.25) is 0 Å². The zero-order chi connectivity index (χ0) is 27.4. The Morgan fingerprint density at radius 3 is 2.50 bits per heavy atom. The number of methoxy groups -OCH3 is 1. The second-order valence-corrected chi connectivity index (χ2v) is 9.64. The summed E-state index contributed by atoms with van der Waals surface area (Å²) in [5.74, 6) is -0.613. The molecule has 0 saturated carbocycles. The van der Waals surface area contributed by atoms with Gasteiger partial charge in [-0.25, -0.2) is 4.79 Å². The number of β-lactam (4-membered cyclic amide) rings is 1. The van der Waals surface area contributed by atoms with Crippen LogP contribution >= 0.6 is 11.8 Å². The van der Waals surface area contributed by atoms with Gasteiger partial charge in [0, 0.05) is 36.6 Å². The van der Waals surface area contributed by atoms with Crippen LogP contribution in [-0.4, -0.2) is 64.3 Å². The van der Waals surface area contributed by atoms with Crippen LogP contribution in [0.3, 0.4) is 0 Å². The van der Waals surface area contributed by atoms with Gasteiger partial charge in [0.15, 0.2) is 6.04 Å². The summed E-state index contributed by atoms with van der Waals surface area (Å²) in [6, 6.07) is 12.1. The SMILES string of the molecule is COc1ccc(COC(=O)C2=C(C(C)OC(C)=O)CS[C@@H]3[C@@H](N=Cc4ccc([N+](=O)[O-])cc4)C(=O)N23)cc1. The number of rotatable bonds is 9. The fourth-order valence-electron chi connectivity index (χ4n) is 4.03. The summed E-state index contributed by atoms with van der Waals surface area (Å²) in [5, 5.41) is 10.4. The number of nitro groups is 1. The molecule has 0 N–H and O–H groups in total. The summed E-state index contributed by atoms with van der Waals surface area (Å²) in [7, 11) is 1.55. The fraction of sp³-hybridized carbons (Fsp3) is 0.308. The molecule has 2 aliphatic heterocycles. The van der Waals surface area contributed by atoms with E-state index in [4.69, 9.17) is 14.2 Å². The highest BCUT2D eigenvalue weighted by Crippen LogP contribution is 2.43. The molecule has 2 aromatic rings. The van der Waals surface area contributed by atoms with Crippen LogP contribution in [0.5, 0.6) is 5.75 Å². The third-order valence-corrected chi connectivity index (χ3v) is 7.30. The highest BCUT2D eigenvalue weighted by Gasteiger charge is 2.54. The highest BCUT2D eigenvalue weighted by atomic mass is 32.2. The molecule has 4 rings (SSSR count). The third-order valence-electron chi connectivity index (χ3n) is 6.01. The molecule has 11 nitrogen and oxygen atoms in total. The van der Waals surface area contributed by atoms with E-state index in [-0.39, 0.29) is 18.0 Å². The van der Waals surface area contributed by atoms with Crippen molar-refractivity contribution in [3.8, 4) is 5.75 Å². The molecule has 0 bridgehead atoms. The summed E-state index contributed by atoms with van der Waals surface area (Å²) < 4.78 is 16.0. The van der Waals surface area contributed by atoms with Gasteiger partial charge in [-0.1, -0.05) is 12.1 Å². The first-order valence-electron chi connectivity index (χ1n) is 11.6. The van der Waals surface area contributed by atoms with Gasteiger partial charge in [-0.15, -0.1) is 11.8 Å². The molecule has 1 fully saturated rings. The Balaban J connectivity index is 1.53. The van der Waals surface area contributed by atoms with Crippen LogP contribution in [0.25, 0.3) is 0 Å². The van der Waals surface area contributed by atoms with Crippen LogP contribution in [0.15, 0.2) is 64.8 Å². The summed E-state index contributed by atoms with van der Waals surface area (Å²) in [6.45, 7) is 2.89. The maximum Gasteiger partial charge on any atom is 0.355 e. The maximum atomic E-state index is 13.3. The summed E-state index contributed by atoms with van der Waals surface area (Å²) in [4.78, 5) is 54.1. The average Bonchev–Trinajstić information content (AvgIpc) is 2.91. The lowest BCUT2D eigenvalue weighted by atomic mass is 10.0. The molecule has 1 unspecified atom stereocenters. The van der Waals surface area contributed by atoms with Gasteiger partial charge in [-0.05, 0) is 42.3 Å². The van der Waals surface area contributed by atoms with Crippen molar-refractivity contribution in [3.05, 3.63) is 81.0 Å². The first-order valence-corrected chi connectivity index (χ1v) is 12.7. The second kappa shape index (κ2) is 11.5. The number of amides is 1. The largest absolute Gasteiger partial charge is 0.497 e. The number of hydrogen-bond acceptors (Lipinski definition) is 10. The molecule has 198 valence electrons. The molecule has 2 aromatic carbocycles. The molecule has 38 heavy (non-hydrogen) atoms. The maximum absolute atomic E-state index is 13.3. The number of nitro benzene ring substituents is 1. The molecular weight excluding hydrogens is 514 g/mol. The van der Waals surface area contributed by atoms with Gasteiger partial charge in [0.2, 0.25) is 0 Å². The first kappa shape index (κ1) is 26.9. The summed E-state index contributed by atoms with van der Waals surface area (Å²) >= 11 is 1.40. The number of nitrogens with zero attached hydrogens (tertiary/aromatic N) is 3. The van der Waals surface area contributed by atoms with Crippen molar-refractivity contribution < 1.29 is 33.5 Å². The lowest BCUT2D eigenvalue weighted by molar-refractivity contribution is -0.384. The Bertz CT molecular complexity index is 1310. The molecule has 0 aliphatic carbocycles. The van der Waals surface area contributed by atoms with E-state index in [0.29, 0.717) is 22.6 Å². The minimum atomic E-state index is -0.745. The topological polar surface area (TPSA) is 138 Å². The molecule has 0 radical (unpaired) electrons. The van der Waals surface area contributed by atoms with Crippen molar-refractivity contribution in [3.63, 3.8) is 0 Å². The molecule has 2 heterocycles. The zero-order valence-corrected chi connectivity index (χ0v) is 21.7. The van der Waals surface area contributed by atoms with Crippen molar-refractivity contribution >= 4 is 41.5 Å². The molecule has 12 heteroatoms. The van der Waals surface area contributed by atoms with Gasteiger partial charge in [0.1, 0.15) is 29.5 Å². The van der Waals surface area contributed by atoms with Crippen LogP contribution < -0.4 is 4.74 Å². The van der Waals surface area contributed by atoms with E-state index in [2.05, 4.69) is 4.99 Å². The molecule has 0 aromatic heterocycles. The van der Waals surface area contributed by atoms with E-state index < -0.39 is 40.3 Å². The summed E-state index contributed by atoms with van der Waals surface area (Å²) in [6.07, 6.45) is 0.743. The number of carbonyl (C=O) groups excluding carboxylic acids is 3. The Labute approximate surface area is 222 Å². The average molecular weight is 540 g/mol. The van der Waals surface area contributed by atoms with E-state index in [1.165, 1.54) is 54.1 Å². The lowest BCUT2D eigenvalue weighted by Gasteiger charge is -2.48.